The van der Waals surface area contributed by atoms with Gasteiger partial charge in [0.15, 0.2) is 0 Å². The maximum atomic E-state index is 13.3. The number of thiophene rings is 1. The second-order valence-corrected chi connectivity index (χ2v) is 9.69. The third-order valence-corrected chi connectivity index (χ3v) is 7.53. The first-order valence-electron chi connectivity index (χ1n) is 11.1. The van der Waals surface area contributed by atoms with E-state index in [4.69, 9.17) is 10.8 Å². The number of carbonyl (C=O) groups is 3. The van der Waals surface area contributed by atoms with E-state index in [9.17, 15) is 14.4 Å². The Labute approximate surface area is 190 Å². The van der Waals surface area contributed by atoms with E-state index in [1.165, 1.54) is 0 Å². The Hall–Kier alpha value is -2.72. The molecule has 0 spiro atoms. The molecule has 1 aliphatic heterocycles. The van der Waals surface area contributed by atoms with E-state index in [1.807, 2.05) is 12.1 Å². The normalized spacial score (nSPS) is 20.0. The second-order valence-electron chi connectivity index (χ2n) is 8.53. The molecule has 10 heteroatoms. The van der Waals surface area contributed by atoms with Gasteiger partial charge in [-0.1, -0.05) is 19.3 Å². The number of hydrogen-bond acceptors (Lipinski definition) is 7. The van der Waals surface area contributed by atoms with Crippen LogP contribution < -0.4 is 16.4 Å². The van der Waals surface area contributed by atoms with Crippen LogP contribution in [-0.4, -0.2) is 57.9 Å². The van der Waals surface area contributed by atoms with Crippen LogP contribution in [0.1, 0.15) is 43.4 Å². The predicted octanol–water partition coefficient (Wildman–Crippen LogP) is 1.72. The van der Waals surface area contributed by atoms with Gasteiger partial charge in [-0.3, -0.25) is 19.7 Å². The van der Waals surface area contributed by atoms with E-state index in [0.717, 1.165) is 47.1 Å². The molecule has 0 radical (unpaired) electrons. The number of nitrogen functional groups attached to an aromatic ring is 1. The highest BCUT2D eigenvalue weighted by Gasteiger charge is 2.42. The predicted molar refractivity (Wildman–Crippen MR) is 122 cm³/mol. The first kappa shape index (κ1) is 22.5. The quantitative estimate of drug-likeness (QED) is 0.472. The molecule has 1 aliphatic carbocycles. The number of nitrogens with one attached hydrogen (secondary N) is 2. The summed E-state index contributed by atoms with van der Waals surface area (Å²) < 4.78 is 1.02. The molecular weight excluding hydrogens is 430 g/mol. The van der Waals surface area contributed by atoms with Crippen LogP contribution in [0.15, 0.2) is 18.3 Å². The minimum Gasteiger partial charge on any atom is -0.480 e. The molecule has 32 heavy (non-hydrogen) atoms. The fraction of sp³-hybridized carbons (Fsp3) is 0.545. The van der Waals surface area contributed by atoms with E-state index >= 15 is 0 Å². The Kier molecular flexibility index (Phi) is 6.90. The number of nitrogens with zero attached hydrogens (tertiary/aromatic N) is 2. The zero-order valence-electron chi connectivity index (χ0n) is 17.9. The summed E-state index contributed by atoms with van der Waals surface area (Å²) in [6.45, 7) is 0.612. The lowest BCUT2D eigenvalue weighted by molar-refractivity contribution is -0.150. The van der Waals surface area contributed by atoms with Crippen LogP contribution in [0.5, 0.6) is 0 Å². The third kappa shape index (κ3) is 4.86. The molecule has 2 aromatic rings. The van der Waals surface area contributed by atoms with Crippen molar-refractivity contribution in [2.24, 2.45) is 5.92 Å². The standard InChI is InChI=1S/C22H29N5O4S/c23-20-15-10-14(32-17(15)6-8-24-20)11-26-21(30)16-7-9-27(16)22(31)19(25-12-18(28)29)13-4-2-1-3-5-13/h6,8,10,13,16,19,25H,1-5,7,9,11-12H2,(H2,23,24)(H,26,30)(H,28,29). The molecule has 5 N–H and O–H groups in total. The van der Waals surface area contributed by atoms with Crippen LogP contribution in [-0.2, 0) is 20.9 Å². The average Bonchev–Trinajstić information content (AvgIpc) is 3.17. The lowest BCUT2D eigenvalue weighted by Crippen LogP contribution is -2.63. The number of carboxylic acids is 1. The number of amides is 2. The molecule has 3 heterocycles. The number of carbonyl (C=O) groups excluding carboxylic acids is 2. The van der Waals surface area contributed by atoms with E-state index < -0.39 is 18.1 Å². The highest BCUT2D eigenvalue weighted by molar-refractivity contribution is 7.19. The van der Waals surface area contributed by atoms with Gasteiger partial charge < -0.3 is 21.1 Å². The smallest absolute Gasteiger partial charge is 0.317 e. The van der Waals surface area contributed by atoms with Crippen molar-refractivity contribution >= 4 is 45.0 Å². The zero-order chi connectivity index (χ0) is 22.7. The molecule has 0 aromatic carbocycles. The minimum absolute atomic E-state index is 0.109. The number of likely N-dealkylation sites (tertiary alicyclic amines) is 1. The number of anilines is 1. The van der Waals surface area contributed by atoms with Crippen molar-refractivity contribution in [3.05, 3.63) is 23.2 Å². The van der Waals surface area contributed by atoms with Gasteiger partial charge in [-0.2, -0.15) is 0 Å². The van der Waals surface area contributed by atoms with Crippen LogP contribution >= 0.6 is 11.3 Å². The van der Waals surface area contributed by atoms with Crippen molar-refractivity contribution in [3.63, 3.8) is 0 Å². The molecule has 2 unspecified atom stereocenters. The first-order chi connectivity index (χ1) is 15.4. The maximum Gasteiger partial charge on any atom is 0.317 e. The molecule has 2 atom stereocenters. The van der Waals surface area contributed by atoms with Crippen molar-refractivity contribution in [1.82, 2.24) is 20.5 Å². The molecular formula is C22H29N5O4S. The van der Waals surface area contributed by atoms with Crippen LogP contribution in [0.2, 0.25) is 0 Å². The zero-order valence-corrected chi connectivity index (χ0v) is 18.7. The van der Waals surface area contributed by atoms with Gasteiger partial charge in [0.1, 0.15) is 11.9 Å². The molecule has 2 fully saturated rings. The van der Waals surface area contributed by atoms with Crippen molar-refractivity contribution in [2.45, 2.75) is 57.2 Å². The van der Waals surface area contributed by atoms with Crippen molar-refractivity contribution in [1.29, 1.82) is 0 Å². The van der Waals surface area contributed by atoms with E-state index in [-0.39, 0.29) is 24.3 Å². The Balaban J connectivity index is 1.38. The Morgan fingerprint density at radius 2 is 2.03 bits per heavy atom. The summed E-state index contributed by atoms with van der Waals surface area (Å²) in [5.74, 6) is -0.762. The van der Waals surface area contributed by atoms with Crippen molar-refractivity contribution in [3.8, 4) is 0 Å². The maximum absolute atomic E-state index is 13.3. The van der Waals surface area contributed by atoms with Gasteiger partial charge in [0, 0.05) is 27.7 Å². The van der Waals surface area contributed by atoms with Gasteiger partial charge in [0.2, 0.25) is 11.8 Å². The summed E-state index contributed by atoms with van der Waals surface area (Å²) in [6, 6.07) is 2.76. The minimum atomic E-state index is -0.990. The monoisotopic (exact) mass is 459 g/mol. The largest absolute Gasteiger partial charge is 0.480 e. The number of nitrogens with two attached hydrogens (primary N) is 1. The third-order valence-electron chi connectivity index (χ3n) is 6.43. The van der Waals surface area contributed by atoms with Gasteiger partial charge >= 0.3 is 5.97 Å². The summed E-state index contributed by atoms with van der Waals surface area (Å²) in [7, 11) is 0. The Morgan fingerprint density at radius 3 is 2.69 bits per heavy atom. The molecule has 4 rings (SSSR count). The van der Waals surface area contributed by atoms with E-state index in [1.54, 1.807) is 22.4 Å². The molecule has 0 bridgehead atoms. The van der Waals surface area contributed by atoms with Gasteiger partial charge in [-0.05, 0) is 37.3 Å². The Bertz CT molecular complexity index is 1000. The number of rotatable bonds is 8. The van der Waals surface area contributed by atoms with Gasteiger partial charge in [-0.25, -0.2) is 4.98 Å². The van der Waals surface area contributed by atoms with Gasteiger partial charge in [0.25, 0.3) is 0 Å². The summed E-state index contributed by atoms with van der Waals surface area (Å²) in [4.78, 5) is 43.8. The second kappa shape index (κ2) is 9.83. The first-order valence-corrected chi connectivity index (χ1v) is 11.9. The SMILES string of the molecule is Nc1nccc2sc(CNC(=O)C3CCN3C(=O)C(NCC(=O)O)C3CCCCC3)cc12. The Morgan fingerprint density at radius 1 is 1.25 bits per heavy atom. The van der Waals surface area contributed by atoms with E-state index in [0.29, 0.717) is 25.3 Å². The fourth-order valence-electron chi connectivity index (χ4n) is 4.64. The number of carboxylic acid groups (broad SMARTS) is 1. The van der Waals surface area contributed by atoms with Crippen LogP contribution in [0.25, 0.3) is 10.1 Å². The topological polar surface area (TPSA) is 138 Å². The van der Waals surface area contributed by atoms with Gasteiger partial charge in [-0.15, -0.1) is 11.3 Å². The van der Waals surface area contributed by atoms with Crippen LogP contribution in [0, 0.1) is 5.92 Å². The summed E-state index contributed by atoms with van der Waals surface area (Å²) in [5, 5.41) is 15.8. The highest BCUT2D eigenvalue weighted by atomic mass is 32.1. The number of aromatic nitrogens is 1. The molecule has 1 saturated carbocycles. The number of hydrogen-bond donors (Lipinski definition) is 4. The van der Waals surface area contributed by atoms with E-state index in [2.05, 4.69) is 15.6 Å². The lowest BCUT2D eigenvalue weighted by Gasteiger charge is -2.43. The molecule has 2 amide bonds. The van der Waals surface area contributed by atoms with Crippen LogP contribution in [0.4, 0.5) is 5.82 Å². The molecule has 172 valence electrons. The number of fused-ring (bicyclic) bond motifs is 1. The van der Waals surface area contributed by atoms with Crippen molar-refractivity contribution in [2.75, 3.05) is 18.8 Å². The van der Waals surface area contributed by atoms with Crippen LogP contribution in [0.3, 0.4) is 0 Å². The lowest BCUT2D eigenvalue weighted by atomic mass is 9.82. The molecule has 9 nitrogen and oxygen atoms in total. The summed E-state index contributed by atoms with van der Waals surface area (Å²) >= 11 is 1.55. The number of aliphatic carboxylic acids is 1. The number of pyridine rings is 1. The molecule has 2 aliphatic rings. The summed E-state index contributed by atoms with van der Waals surface area (Å²) in [5.41, 5.74) is 5.91. The van der Waals surface area contributed by atoms with Crippen molar-refractivity contribution < 1.29 is 19.5 Å². The fourth-order valence-corrected chi connectivity index (χ4v) is 5.64. The van der Waals surface area contributed by atoms with Gasteiger partial charge in [0.05, 0.1) is 19.1 Å². The highest BCUT2D eigenvalue weighted by Crippen LogP contribution is 2.30. The molecule has 2 aromatic heterocycles. The average molecular weight is 460 g/mol. The molecule has 1 saturated heterocycles. The summed E-state index contributed by atoms with van der Waals surface area (Å²) in [6.07, 6.45) is 7.30.